The number of amides is 1. The van der Waals surface area contributed by atoms with Crippen LogP contribution in [-0.2, 0) is 4.79 Å². The zero-order valence-corrected chi connectivity index (χ0v) is 15.2. The summed E-state index contributed by atoms with van der Waals surface area (Å²) in [6, 6.07) is 9.53. The van der Waals surface area contributed by atoms with Gasteiger partial charge in [0.25, 0.3) is 5.91 Å². The van der Waals surface area contributed by atoms with E-state index in [2.05, 4.69) is 20.5 Å². The minimum absolute atomic E-state index is 0.205. The monoisotopic (exact) mass is 356 g/mol. The summed E-state index contributed by atoms with van der Waals surface area (Å²) in [5, 5.41) is 4.47. The minimum atomic E-state index is -0.213. The highest BCUT2D eigenvalue weighted by Crippen LogP contribution is 2.18. The molecule has 1 amide bonds. The van der Waals surface area contributed by atoms with Crippen LogP contribution in [0.5, 0.6) is 5.75 Å². The van der Waals surface area contributed by atoms with Crippen LogP contribution in [0.15, 0.2) is 46.7 Å². The van der Waals surface area contributed by atoms with Crippen molar-refractivity contribution in [3.8, 4) is 5.75 Å². The Labute approximate surface area is 151 Å². The van der Waals surface area contributed by atoms with Gasteiger partial charge in [-0.25, -0.2) is 15.4 Å². The van der Waals surface area contributed by atoms with Crippen molar-refractivity contribution in [3.05, 3.63) is 53.4 Å². The SMILES string of the molecule is COc1ccccc1/C=C/C=N\NC(=O)CSc1nc(C)cc(C)n1. The highest BCUT2D eigenvalue weighted by atomic mass is 32.2. The Morgan fingerprint density at radius 2 is 2.00 bits per heavy atom. The zero-order valence-electron chi connectivity index (χ0n) is 14.4. The lowest BCUT2D eigenvalue weighted by Gasteiger charge is -2.02. The van der Waals surface area contributed by atoms with Gasteiger partial charge >= 0.3 is 0 Å². The fourth-order valence-electron chi connectivity index (χ4n) is 2.02. The van der Waals surface area contributed by atoms with Crippen molar-refractivity contribution in [2.45, 2.75) is 19.0 Å². The number of carbonyl (C=O) groups excluding carboxylic acids is 1. The van der Waals surface area contributed by atoms with E-state index in [0.29, 0.717) is 5.16 Å². The average Bonchev–Trinajstić information content (AvgIpc) is 2.59. The standard InChI is InChI=1S/C18H20N4O2S/c1-13-11-14(2)21-18(20-13)25-12-17(23)22-19-10-6-8-15-7-4-5-9-16(15)24-3/h4-11H,12H2,1-3H3,(H,22,23)/b8-6+,19-10-. The second-order valence-corrected chi connectivity index (χ2v) is 6.08. The number of benzene rings is 1. The molecule has 1 aromatic heterocycles. The van der Waals surface area contributed by atoms with Crippen LogP contribution in [0.1, 0.15) is 17.0 Å². The lowest BCUT2D eigenvalue weighted by molar-refractivity contribution is -0.118. The predicted octanol–water partition coefficient (Wildman–Crippen LogP) is 3.01. The molecule has 1 aromatic carbocycles. The van der Waals surface area contributed by atoms with E-state index in [1.807, 2.05) is 50.3 Å². The van der Waals surface area contributed by atoms with E-state index in [4.69, 9.17) is 4.74 Å². The van der Waals surface area contributed by atoms with E-state index in [1.165, 1.54) is 18.0 Å². The number of methoxy groups -OCH3 is 1. The van der Waals surface area contributed by atoms with Crippen LogP contribution in [0.25, 0.3) is 6.08 Å². The first kappa shape index (κ1) is 18.7. The minimum Gasteiger partial charge on any atom is -0.496 e. The number of carbonyl (C=O) groups is 1. The van der Waals surface area contributed by atoms with Gasteiger partial charge in [-0.1, -0.05) is 30.0 Å². The molecule has 0 atom stereocenters. The summed E-state index contributed by atoms with van der Waals surface area (Å²) in [7, 11) is 1.62. The molecule has 6 nitrogen and oxygen atoms in total. The molecule has 0 saturated carbocycles. The molecule has 0 spiro atoms. The van der Waals surface area contributed by atoms with Gasteiger partial charge in [-0.05, 0) is 38.1 Å². The molecule has 0 bridgehead atoms. The van der Waals surface area contributed by atoms with Crippen LogP contribution in [0.3, 0.4) is 0 Å². The summed E-state index contributed by atoms with van der Waals surface area (Å²) in [5.74, 6) is 0.770. The van der Waals surface area contributed by atoms with Gasteiger partial charge in [0, 0.05) is 23.2 Å². The van der Waals surface area contributed by atoms with Crippen LogP contribution in [0.4, 0.5) is 0 Å². The number of nitrogens with one attached hydrogen (secondary N) is 1. The van der Waals surface area contributed by atoms with Crippen molar-refractivity contribution in [2.75, 3.05) is 12.9 Å². The number of hydrogen-bond acceptors (Lipinski definition) is 6. The largest absolute Gasteiger partial charge is 0.496 e. The summed E-state index contributed by atoms with van der Waals surface area (Å²) in [6.45, 7) is 3.80. The Bertz CT molecular complexity index is 770. The molecule has 25 heavy (non-hydrogen) atoms. The molecular formula is C18H20N4O2S. The molecule has 1 N–H and O–H groups in total. The Hall–Kier alpha value is -2.67. The van der Waals surface area contributed by atoms with Gasteiger partial charge in [-0.15, -0.1) is 0 Å². The molecule has 1 heterocycles. The molecule has 130 valence electrons. The van der Waals surface area contributed by atoms with E-state index >= 15 is 0 Å². The fraction of sp³-hybridized carbons (Fsp3) is 0.222. The lowest BCUT2D eigenvalue weighted by atomic mass is 10.2. The number of aromatic nitrogens is 2. The second-order valence-electron chi connectivity index (χ2n) is 5.14. The summed E-state index contributed by atoms with van der Waals surface area (Å²) >= 11 is 1.28. The van der Waals surface area contributed by atoms with Gasteiger partial charge in [-0.2, -0.15) is 5.10 Å². The van der Waals surface area contributed by atoms with Crippen molar-refractivity contribution in [3.63, 3.8) is 0 Å². The number of allylic oxidation sites excluding steroid dienone is 1. The molecule has 0 fully saturated rings. The van der Waals surface area contributed by atoms with E-state index in [1.54, 1.807) is 13.2 Å². The molecule has 2 rings (SSSR count). The number of ether oxygens (including phenoxy) is 1. The number of hydrazone groups is 1. The third kappa shape index (κ3) is 6.39. The van der Waals surface area contributed by atoms with E-state index < -0.39 is 0 Å². The number of thioether (sulfide) groups is 1. The molecular weight excluding hydrogens is 336 g/mol. The number of para-hydroxylation sites is 1. The van der Waals surface area contributed by atoms with Crippen LogP contribution < -0.4 is 10.2 Å². The number of nitrogens with zero attached hydrogens (tertiary/aromatic N) is 3. The van der Waals surface area contributed by atoms with Gasteiger partial charge < -0.3 is 4.74 Å². The van der Waals surface area contributed by atoms with Crippen molar-refractivity contribution >= 4 is 30.0 Å². The van der Waals surface area contributed by atoms with E-state index in [9.17, 15) is 4.79 Å². The molecule has 0 aliphatic heterocycles. The summed E-state index contributed by atoms with van der Waals surface area (Å²) in [4.78, 5) is 20.3. The normalized spacial score (nSPS) is 11.2. The first-order valence-electron chi connectivity index (χ1n) is 7.65. The lowest BCUT2D eigenvalue weighted by Crippen LogP contribution is -2.19. The van der Waals surface area contributed by atoms with Crippen LogP contribution in [0.2, 0.25) is 0 Å². The first-order chi connectivity index (χ1) is 12.1. The molecule has 0 unspecified atom stereocenters. The number of hydrogen-bond donors (Lipinski definition) is 1. The fourth-order valence-corrected chi connectivity index (χ4v) is 2.77. The Kier molecular flexibility index (Phi) is 7.16. The molecule has 2 aromatic rings. The first-order valence-corrected chi connectivity index (χ1v) is 8.63. The number of rotatable bonds is 7. The third-order valence-corrected chi connectivity index (χ3v) is 3.91. The van der Waals surface area contributed by atoms with Gasteiger partial charge in [0.15, 0.2) is 5.16 Å². The van der Waals surface area contributed by atoms with Crippen molar-refractivity contribution in [1.29, 1.82) is 0 Å². The highest BCUT2D eigenvalue weighted by molar-refractivity contribution is 7.99. The molecule has 0 aliphatic rings. The highest BCUT2D eigenvalue weighted by Gasteiger charge is 2.05. The predicted molar refractivity (Wildman–Crippen MR) is 101 cm³/mol. The smallest absolute Gasteiger partial charge is 0.250 e. The van der Waals surface area contributed by atoms with Crippen molar-refractivity contribution in [1.82, 2.24) is 15.4 Å². The quantitative estimate of drug-likeness (QED) is 0.357. The topological polar surface area (TPSA) is 76.5 Å². The maximum Gasteiger partial charge on any atom is 0.250 e. The Morgan fingerprint density at radius 1 is 1.28 bits per heavy atom. The summed E-state index contributed by atoms with van der Waals surface area (Å²) < 4.78 is 5.25. The average molecular weight is 356 g/mol. The summed E-state index contributed by atoms with van der Waals surface area (Å²) in [5.41, 5.74) is 5.17. The van der Waals surface area contributed by atoms with Crippen LogP contribution in [-0.4, -0.2) is 35.0 Å². The Morgan fingerprint density at radius 3 is 2.72 bits per heavy atom. The second kappa shape index (κ2) is 9.58. The maximum absolute atomic E-state index is 11.8. The molecule has 7 heteroatoms. The zero-order chi connectivity index (χ0) is 18.1. The van der Waals surface area contributed by atoms with Gasteiger partial charge in [-0.3, -0.25) is 4.79 Å². The molecule has 0 saturated heterocycles. The van der Waals surface area contributed by atoms with Crippen LogP contribution in [0, 0.1) is 13.8 Å². The maximum atomic E-state index is 11.8. The molecule has 0 radical (unpaired) electrons. The third-order valence-electron chi connectivity index (χ3n) is 3.06. The number of aryl methyl sites for hydroxylation is 2. The van der Waals surface area contributed by atoms with Gasteiger partial charge in [0.05, 0.1) is 12.9 Å². The van der Waals surface area contributed by atoms with Gasteiger partial charge in [0.2, 0.25) is 0 Å². The summed E-state index contributed by atoms with van der Waals surface area (Å²) in [6.07, 6.45) is 5.10. The molecule has 0 aliphatic carbocycles. The van der Waals surface area contributed by atoms with Crippen LogP contribution >= 0.6 is 11.8 Å². The Balaban J connectivity index is 1.79. The van der Waals surface area contributed by atoms with E-state index in [-0.39, 0.29) is 11.7 Å². The van der Waals surface area contributed by atoms with Crippen molar-refractivity contribution in [2.24, 2.45) is 5.10 Å². The van der Waals surface area contributed by atoms with Crippen molar-refractivity contribution < 1.29 is 9.53 Å². The van der Waals surface area contributed by atoms with E-state index in [0.717, 1.165) is 22.7 Å². The van der Waals surface area contributed by atoms with Gasteiger partial charge in [0.1, 0.15) is 5.75 Å².